The van der Waals surface area contributed by atoms with Gasteiger partial charge in [0.25, 0.3) is 0 Å². The largest absolute Gasteiger partial charge is 0.444 e. The van der Waals surface area contributed by atoms with Crippen molar-refractivity contribution in [2.45, 2.75) is 65.0 Å². The topological polar surface area (TPSA) is 58.6 Å². The zero-order chi connectivity index (χ0) is 20.0. The van der Waals surface area contributed by atoms with Gasteiger partial charge in [-0.1, -0.05) is 12.1 Å². The molecule has 2 atom stereocenters. The Balaban J connectivity index is 1.81. The number of ether oxygens (including phenoxy) is 1. The van der Waals surface area contributed by atoms with Crippen molar-refractivity contribution in [1.29, 1.82) is 0 Å². The maximum atomic E-state index is 13.0. The molecule has 1 saturated heterocycles. The molecule has 150 valence electrons. The Morgan fingerprint density at radius 2 is 1.96 bits per heavy atom. The lowest BCUT2D eigenvalue weighted by molar-refractivity contribution is -0.133. The zero-order valence-electron chi connectivity index (χ0n) is 16.8. The van der Waals surface area contributed by atoms with Crippen molar-refractivity contribution >= 4 is 12.0 Å². The van der Waals surface area contributed by atoms with Gasteiger partial charge >= 0.3 is 6.09 Å². The van der Waals surface area contributed by atoms with E-state index in [0.717, 1.165) is 31.4 Å². The number of carbonyl (C=O) groups excluding carboxylic acids is 2. The van der Waals surface area contributed by atoms with Crippen LogP contribution in [-0.2, 0) is 16.0 Å². The molecule has 0 saturated carbocycles. The number of likely N-dealkylation sites (tertiary alicyclic amines) is 1. The fourth-order valence-electron chi connectivity index (χ4n) is 3.36. The van der Waals surface area contributed by atoms with E-state index in [0.29, 0.717) is 12.5 Å². The van der Waals surface area contributed by atoms with Crippen LogP contribution in [0.5, 0.6) is 0 Å². The molecule has 1 aromatic rings. The highest BCUT2D eigenvalue weighted by atomic mass is 19.1. The molecule has 0 spiro atoms. The number of benzene rings is 1. The third-order valence-corrected chi connectivity index (χ3v) is 4.55. The first-order valence-electron chi connectivity index (χ1n) is 9.64. The molecule has 0 radical (unpaired) electrons. The number of hydrogen-bond acceptors (Lipinski definition) is 3. The summed E-state index contributed by atoms with van der Waals surface area (Å²) in [6, 6.07) is 6.28. The van der Waals surface area contributed by atoms with E-state index in [-0.39, 0.29) is 24.2 Å². The number of amides is 2. The Morgan fingerprint density at radius 1 is 1.30 bits per heavy atom. The van der Waals surface area contributed by atoms with E-state index >= 15 is 0 Å². The van der Waals surface area contributed by atoms with Crippen LogP contribution in [-0.4, -0.2) is 41.6 Å². The first-order valence-corrected chi connectivity index (χ1v) is 9.64. The average Bonchev–Trinajstić information content (AvgIpc) is 2.55. The molecule has 2 amide bonds. The third-order valence-electron chi connectivity index (χ3n) is 4.55. The quantitative estimate of drug-likeness (QED) is 0.845. The van der Waals surface area contributed by atoms with E-state index in [1.165, 1.54) is 12.1 Å². The maximum absolute atomic E-state index is 13.0. The van der Waals surface area contributed by atoms with Crippen LogP contribution in [0.15, 0.2) is 24.3 Å². The van der Waals surface area contributed by atoms with E-state index in [9.17, 15) is 14.0 Å². The van der Waals surface area contributed by atoms with Crippen LogP contribution in [0.25, 0.3) is 0 Å². The number of hydrogen-bond donors (Lipinski definition) is 1. The SMILES string of the molecule is CC(CC(=O)N1CCCC(Cc2ccc(F)cc2)C1)NC(=O)OC(C)(C)C. The summed E-state index contributed by atoms with van der Waals surface area (Å²) < 4.78 is 18.3. The van der Waals surface area contributed by atoms with Crippen molar-refractivity contribution in [3.05, 3.63) is 35.6 Å². The molecule has 0 aromatic heterocycles. The Morgan fingerprint density at radius 3 is 2.59 bits per heavy atom. The second kappa shape index (κ2) is 9.20. The van der Waals surface area contributed by atoms with Gasteiger partial charge < -0.3 is 15.0 Å². The van der Waals surface area contributed by atoms with Crippen LogP contribution in [0.3, 0.4) is 0 Å². The lowest BCUT2D eigenvalue weighted by Gasteiger charge is -2.33. The smallest absolute Gasteiger partial charge is 0.407 e. The summed E-state index contributed by atoms with van der Waals surface area (Å²) >= 11 is 0. The molecule has 2 rings (SSSR count). The monoisotopic (exact) mass is 378 g/mol. The summed E-state index contributed by atoms with van der Waals surface area (Å²) in [7, 11) is 0. The van der Waals surface area contributed by atoms with Crippen molar-refractivity contribution in [1.82, 2.24) is 10.2 Å². The predicted octanol–water partition coefficient (Wildman–Crippen LogP) is 3.91. The molecule has 2 unspecified atom stereocenters. The van der Waals surface area contributed by atoms with E-state index in [4.69, 9.17) is 4.74 Å². The number of carbonyl (C=O) groups is 2. The summed E-state index contributed by atoms with van der Waals surface area (Å²) in [6.45, 7) is 8.67. The fourth-order valence-corrected chi connectivity index (χ4v) is 3.36. The van der Waals surface area contributed by atoms with Crippen LogP contribution in [0, 0.1) is 11.7 Å². The highest BCUT2D eigenvalue weighted by Crippen LogP contribution is 2.22. The summed E-state index contributed by atoms with van der Waals surface area (Å²) in [5.74, 6) is 0.190. The first kappa shape index (κ1) is 21.2. The van der Waals surface area contributed by atoms with Crippen LogP contribution in [0.2, 0.25) is 0 Å². The lowest BCUT2D eigenvalue weighted by atomic mass is 9.91. The van der Waals surface area contributed by atoms with Gasteiger partial charge in [-0.2, -0.15) is 0 Å². The van der Waals surface area contributed by atoms with Crippen LogP contribution >= 0.6 is 0 Å². The summed E-state index contributed by atoms with van der Waals surface area (Å²) in [5.41, 5.74) is 0.532. The normalized spacial score (nSPS) is 18.7. The number of rotatable bonds is 5. The van der Waals surface area contributed by atoms with E-state index < -0.39 is 11.7 Å². The molecule has 0 aliphatic carbocycles. The summed E-state index contributed by atoms with van der Waals surface area (Å²) in [5, 5.41) is 2.72. The molecule has 27 heavy (non-hydrogen) atoms. The van der Waals surface area contributed by atoms with Gasteiger partial charge in [0.2, 0.25) is 5.91 Å². The van der Waals surface area contributed by atoms with E-state index in [1.807, 2.05) is 24.0 Å². The van der Waals surface area contributed by atoms with E-state index in [2.05, 4.69) is 5.32 Å². The number of halogens is 1. The van der Waals surface area contributed by atoms with Crippen LogP contribution < -0.4 is 5.32 Å². The van der Waals surface area contributed by atoms with Gasteiger partial charge in [-0.3, -0.25) is 4.79 Å². The van der Waals surface area contributed by atoms with E-state index in [1.54, 1.807) is 20.8 Å². The van der Waals surface area contributed by atoms with Gasteiger partial charge in [0.1, 0.15) is 11.4 Å². The molecule has 1 N–H and O–H groups in total. The average molecular weight is 378 g/mol. The highest BCUT2D eigenvalue weighted by Gasteiger charge is 2.26. The van der Waals surface area contributed by atoms with Gasteiger partial charge in [0, 0.05) is 25.6 Å². The maximum Gasteiger partial charge on any atom is 0.407 e. The molecule has 1 fully saturated rings. The fraction of sp³-hybridized carbons (Fsp3) is 0.619. The number of nitrogens with one attached hydrogen (secondary N) is 1. The Bertz CT molecular complexity index is 640. The minimum atomic E-state index is -0.561. The van der Waals surface area contributed by atoms with Crippen molar-refractivity contribution < 1.29 is 18.7 Å². The van der Waals surface area contributed by atoms with Gasteiger partial charge in [0.15, 0.2) is 0 Å². The lowest BCUT2D eigenvalue weighted by Crippen LogP contribution is -2.44. The molecule has 5 nitrogen and oxygen atoms in total. The summed E-state index contributed by atoms with van der Waals surface area (Å²) in [6.07, 6.45) is 2.62. The number of nitrogens with zero attached hydrogens (tertiary/aromatic N) is 1. The predicted molar refractivity (Wildman–Crippen MR) is 103 cm³/mol. The number of alkyl carbamates (subject to hydrolysis) is 1. The van der Waals surface area contributed by atoms with Gasteiger partial charge in [-0.25, -0.2) is 9.18 Å². The van der Waals surface area contributed by atoms with Crippen LogP contribution in [0.4, 0.5) is 9.18 Å². The molecule has 1 heterocycles. The van der Waals surface area contributed by atoms with Crippen molar-refractivity contribution in [3.63, 3.8) is 0 Å². The minimum Gasteiger partial charge on any atom is -0.444 e. The summed E-state index contributed by atoms with van der Waals surface area (Å²) in [4.78, 5) is 26.3. The van der Waals surface area contributed by atoms with Crippen LogP contribution in [0.1, 0.15) is 52.5 Å². The zero-order valence-corrected chi connectivity index (χ0v) is 16.8. The first-order chi connectivity index (χ1) is 12.6. The Kier molecular flexibility index (Phi) is 7.22. The third kappa shape index (κ3) is 7.57. The van der Waals surface area contributed by atoms with Gasteiger partial charge in [-0.15, -0.1) is 0 Å². The Hall–Kier alpha value is -2.11. The van der Waals surface area contributed by atoms with Gasteiger partial charge in [0.05, 0.1) is 0 Å². The molecule has 6 heteroatoms. The van der Waals surface area contributed by atoms with Gasteiger partial charge in [-0.05, 0) is 70.6 Å². The van der Waals surface area contributed by atoms with Crippen molar-refractivity contribution in [3.8, 4) is 0 Å². The highest BCUT2D eigenvalue weighted by molar-refractivity contribution is 5.78. The molecule has 1 aliphatic heterocycles. The Labute approximate surface area is 161 Å². The minimum absolute atomic E-state index is 0.0439. The van der Waals surface area contributed by atoms with Crippen molar-refractivity contribution in [2.24, 2.45) is 5.92 Å². The molecule has 0 bridgehead atoms. The van der Waals surface area contributed by atoms with Crippen molar-refractivity contribution in [2.75, 3.05) is 13.1 Å². The molecule has 1 aliphatic rings. The number of piperidine rings is 1. The second-order valence-corrected chi connectivity index (χ2v) is 8.43. The standard InChI is InChI=1S/C21H31FN2O3/c1-15(23-20(26)27-21(2,3)4)12-19(25)24-11-5-6-17(14-24)13-16-7-9-18(22)10-8-16/h7-10,15,17H,5-6,11-14H2,1-4H3,(H,23,26). The molecular formula is C21H31FN2O3. The molecule has 1 aromatic carbocycles. The molecular weight excluding hydrogens is 347 g/mol. The second-order valence-electron chi connectivity index (χ2n) is 8.43.